The van der Waals surface area contributed by atoms with Crippen molar-refractivity contribution in [2.24, 2.45) is 5.41 Å². The number of nitrogens with zero attached hydrogens (tertiary/aromatic N) is 2. The van der Waals surface area contributed by atoms with Crippen LogP contribution in [0.5, 0.6) is 23.0 Å². The fourth-order valence-corrected chi connectivity index (χ4v) is 5.38. The fourth-order valence-electron chi connectivity index (χ4n) is 5.38. The molecule has 2 fully saturated rings. The molecular formula is C38H54N2O7. The summed E-state index contributed by atoms with van der Waals surface area (Å²) in [5, 5.41) is 0. The standard InChI is InChI=1S/C36H48N2O7.C2H6/c1-9-27-11-10-16-38(27)34(40)28-23-31(42-8)32(21-25(28)2)45-36(5,6)35(3,4)24-44-29-14-12-26(22-30(29)41-7)13-15-33(39)37-17-19-43-20-18-37;1-2/h9,12-15,21-23,27H,1,10-11,16-20,24H2,2-8H3;1-2H3/b15-13+;. The summed E-state index contributed by atoms with van der Waals surface area (Å²) in [5.74, 6) is 2.16. The van der Waals surface area contributed by atoms with Crippen molar-refractivity contribution in [1.29, 1.82) is 0 Å². The first-order chi connectivity index (χ1) is 22.4. The summed E-state index contributed by atoms with van der Waals surface area (Å²) in [5.41, 5.74) is 1.08. The molecule has 2 saturated heterocycles. The Labute approximate surface area is 281 Å². The van der Waals surface area contributed by atoms with E-state index < -0.39 is 11.0 Å². The van der Waals surface area contributed by atoms with Crippen molar-refractivity contribution in [2.45, 2.75) is 73.0 Å². The topological polar surface area (TPSA) is 86.8 Å². The van der Waals surface area contributed by atoms with Crippen LogP contribution < -0.4 is 18.9 Å². The summed E-state index contributed by atoms with van der Waals surface area (Å²) < 4.78 is 29.6. The van der Waals surface area contributed by atoms with Gasteiger partial charge in [-0.05, 0) is 75.1 Å². The van der Waals surface area contributed by atoms with E-state index in [1.807, 2.05) is 69.9 Å². The maximum atomic E-state index is 13.4. The van der Waals surface area contributed by atoms with Crippen LogP contribution in [0.1, 0.15) is 75.9 Å². The number of ether oxygens (including phenoxy) is 5. The molecule has 2 aliphatic heterocycles. The predicted octanol–water partition coefficient (Wildman–Crippen LogP) is 6.96. The largest absolute Gasteiger partial charge is 0.493 e. The first-order valence-electron chi connectivity index (χ1n) is 16.6. The van der Waals surface area contributed by atoms with Crippen molar-refractivity contribution in [1.82, 2.24) is 9.80 Å². The van der Waals surface area contributed by atoms with Gasteiger partial charge in [0.15, 0.2) is 23.0 Å². The van der Waals surface area contributed by atoms with Crippen molar-refractivity contribution in [3.63, 3.8) is 0 Å². The smallest absolute Gasteiger partial charge is 0.254 e. The lowest BCUT2D eigenvalue weighted by molar-refractivity contribution is -0.129. The zero-order valence-corrected chi connectivity index (χ0v) is 29.8. The molecule has 0 spiro atoms. The molecule has 0 N–H and O–H groups in total. The average molecular weight is 651 g/mol. The van der Waals surface area contributed by atoms with E-state index in [1.165, 1.54) is 0 Å². The minimum absolute atomic E-state index is 0.0214. The van der Waals surface area contributed by atoms with Gasteiger partial charge < -0.3 is 33.5 Å². The lowest BCUT2D eigenvalue weighted by atomic mass is 9.77. The molecule has 2 aromatic rings. The zero-order chi connectivity index (χ0) is 34.8. The Morgan fingerprint density at radius 3 is 2.26 bits per heavy atom. The third kappa shape index (κ3) is 9.10. The number of amides is 2. The van der Waals surface area contributed by atoms with Crippen molar-refractivity contribution in [3.8, 4) is 23.0 Å². The molecule has 9 nitrogen and oxygen atoms in total. The van der Waals surface area contributed by atoms with Crippen LogP contribution in [0.2, 0.25) is 0 Å². The van der Waals surface area contributed by atoms with Gasteiger partial charge in [-0.2, -0.15) is 0 Å². The minimum atomic E-state index is -0.698. The third-order valence-corrected chi connectivity index (χ3v) is 9.09. The zero-order valence-electron chi connectivity index (χ0n) is 29.8. The number of likely N-dealkylation sites (tertiary alicyclic amines) is 1. The van der Waals surface area contributed by atoms with Gasteiger partial charge in [-0.25, -0.2) is 0 Å². The SMILES string of the molecule is C=CC1CCCN1C(=O)c1cc(OC)c(OC(C)(C)C(C)(C)COc2ccc(/C=C/C(=O)N3CCOCC3)cc2OC)cc1C.CC. The van der Waals surface area contributed by atoms with Crippen LogP contribution in [0.25, 0.3) is 6.08 Å². The molecule has 2 amide bonds. The summed E-state index contributed by atoms with van der Waals surface area (Å²) in [6.45, 7) is 21.4. The summed E-state index contributed by atoms with van der Waals surface area (Å²) >= 11 is 0. The van der Waals surface area contributed by atoms with E-state index in [1.54, 1.807) is 37.3 Å². The highest BCUT2D eigenvalue weighted by atomic mass is 16.5. The minimum Gasteiger partial charge on any atom is -0.493 e. The number of benzene rings is 2. The highest BCUT2D eigenvalue weighted by Crippen LogP contribution is 2.41. The highest BCUT2D eigenvalue weighted by Gasteiger charge is 2.41. The second-order valence-corrected chi connectivity index (χ2v) is 12.7. The Balaban J connectivity index is 0.00000294. The number of morpholine rings is 1. The van der Waals surface area contributed by atoms with Gasteiger partial charge in [-0.1, -0.05) is 39.8 Å². The molecule has 0 radical (unpaired) electrons. The summed E-state index contributed by atoms with van der Waals surface area (Å²) in [6.07, 6.45) is 7.10. The van der Waals surface area contributed by atoms with Gasteiger partial charge in [0, 0.05) is 36.7 Å². The van der Waals surface area contributed by atoms with Crippen LogP contribution in [-0.2, 0) is 9.53 Å². The number of hydrogen-bond acceptors (Lipinski definition) is 7. The Morgan fingerprint density at radius 2 is 1.62 bits per heavy atom. The first kappa shape index (κ1) is 37.5. The van der Waals surface area contributed by atoms with Crippen LogP contribution in [0.15, 0.2) is 49.1 Å². The van der Waals surface area contributed by atoms with Crippen molar-refractivity contribution < 1.29 is 33.3 Å². The molecule has 2 aromatic carbocycles. The van der Waals surface area contributed by atoms with Crippen LogP contribution in [0.4, 0.5) is 0 Å². The average Bonchev–Trinajstić information content (AvgIpc) is 3.56. The lowest BCUT2D eigenvalue weighted by Gasteiger charge is -2.41. The molecule has 1 unspecified atom stereocenters. The molecule has 47 heavy (non-hydrogen) atoms. The Hall–Kier alpha value is -3.98. The third-order valence-electron chi connectivity index (χ3n) is 9.09. The van der Waals surface area contributed by atoms with Crippen LogP contribution in [0, 0.1) is 12.3 Å². The Kier molecular flexibility index (Phi) is 13.3. The predicted molar refractivity (Wildman–Crippen MR) is 187 cm³/mol. The van der Waals surface area contributed by atoms with Crippen molar-refractivity contribution in [3.05, 3.63) is 65.8 Å². The lowest BCUT2D eigenvalue weighted by Crippen LogP contribution is -2.48. The summed E-state index contributed by atoms with van der Waals surface area (Å²) in [7, 11) is 3.18. The summed E-state index contributed by atoms with van der Waals surface area (Å²) in [6, 6.07) is 9.30. The van der Waals surface area contributed by atoms with Gasteiger partial charge in [0.1, 0.15) is 5.60 Å². The summed E-state index contributed by atoms with van der Waals surface area (Å²) in [4.78, 5) is 29.6. The molecule has 0 aliphatic carbocycles. The molecule has 258 valence electrons. The molecule has 0 saturated carbocycles. The number of carbonyl (C=O) groups excluding carboxylic acids is 2. The van der Waals surface area contributed by atoms with E-state index in [4.69, 9.17) is 23.7 Å². The van der Waals surface area contributed by atoms with Crippen LogP contribution in [0.3, 0.4) is 0 Å². The maximum absolute atomic E-state index is 13.4. The second-order valence-electron chi connectivity index (χ2n) is 12.7. The second kappa shape index (κ2) is 16.7. The van der Waals surface area contributed by atoms with E-state index in [2.05, 4.69) is 20.4 Å². The number of aryl methyl sites for hydroxylation is 1. The van der Waals surface area contributed by atoms with Crippen LogP contribution >= 0.6 is 0 Å². The van der Waals surface area contributed by atoms with E-state index in [0.717, 1.165) is 30.5 Å². The molecule has 2 heterocycles. The van der Waals surface area contributed by atoms with E-state index in [9.17, 15) is 9.59 Å². The van der Waals surface area contributed by atoms with E-state index in [0.29, 0.717) is 61.5 Å². The van der Waals surface area contributed by atoms with Gasteiger partial charge in [0.2, 0.25) is 5.91 Å². The monoisotopic (exact) mass is 650 g/mol. The van der Waals surface area contributed by atoms with Crippen LogP contribution in [-0.4, -0.2) is 86.9 Å². The quantitative estimate of drug-likeness (QED) is 0.181. The maximum Gasteiger partial charge on any atom is 0.254 e. The molecule has 4 rings (SSSR count). The van der Waals surface area contributed by atoms with Gasteiger partial charge in [-0.3, -0.25) is 9.59 Å². The molecule has 0 bridgehead atoms. The molecule has 9 heteroatoms. The molecule has 1 atom stereocenters. The molecule has 2 aliphatic rings. The Morgan fingerprint density at radius 1 is 0.957 bits per heavy atom. The first-order valence-corrected chi connectivity index (χ1v) is 16.6. The van der Waals surface area contributed by atoms with E-state index >= 15 is 0 Å². The van der Waals surface area contributed by atoms with Crippen molar-refractivity contribution in [2.75, 3.05) is 53.7 Å². The van der Waals surface area contributed by atoms with Gasteiger partial charge in [0.05, 0.1) is 40.1 Å². The number of methoxy groups -OCH3 is 2. The number of rotatable bonds is 12. The van der Waals surface area contributed by atoms with E-state index in [-0.39, 0.29) is 17.9 Å². The molecule has 0 aromatic heterocycles. The fraction of sp³-hybridized carbons (Fsp3) is 0.526. The van der Waals surface area contributed by atoms with Gasteiger partial charge in [-0.15, -0.1) is 6.58 Å². The normalized spacial score (nSPS) is 16.7. The highest BCUT2D eigenvalue weighted by molar-refractivity contribution is 5.97. The van der Waals surface area contributed by atoms with Gasteiger partial charge in [0.25, 0.3) is 5.91 Å². The van der Waals surface area contributed by atoms with Crippen molar-refractivity contribution >= 4 is 17.9 Å². The number of carbonyl (C=O) groups is 2. The number of hydrogen-bond donors (Lipinski definition) is 0. The van der Waals surface area contributed by atoms with Gasteiger partial charge >= 0.3 is 0 Å². The molecular weight excluding hydrogens is 596 g/mol. The Bertz CT molecular complexity index is 1410.